The van der Waals surface area contributed by atoms with E-state index in [1.54, 1.807) is 0 Å². The van der Waals surface area contributed by atoms with E-state index in [9.17, 15) is 0 Å². The van der Waals surface area contributed by atoms with Crippen molar-refractivity contribution in [3.8, 4) is 0 Å². The van der Waals surface area contributed by atoms with Gasteiger partial charge in [-0.05, 0) is 52.6 Å². The van der Waals surface area contributed by atoms with Gasteiger partial charge >= 0.3 is 0 Å². The van der Waals surface area contributed by atoms with Gasteiger partial charge in [-0.1, -0.05) is 13.8 Å². The minimum Gasteiger partial charge on any atom is -0.328 e. The van der Waals surface area contributed by atoms with Crippen molar-refractivity contribution in [3.05, 3.63) is 0 Å². The Bertz CT molecular complexity index is 116. The van der Waals surface area contributed by atoms with E-state index in [0.717, 1.165) is 12.3 Å². The van der Waals surface area contributed by atoms with E-state index in [0.29, 0.717) is 12.1 Å². The molecule has 0 spiro atoms. The zero-order valence-corrected chi connectivity index (χ0v) is 10.6. The van der Waals surface area contributed by atoms with E-state index in [1.807, 2.05) is 0 Å². The van der Waals surface area contributed by atoms with Crippen molar-refractivity contribution < 1.29 is 0 Å². The fourth-order valence-electron chi connectivity index (χ4n) is 1.41. The lowest BCUT2D eigenvalue weighted by Gasteiger charge is -2.25. The molecule has 2 atom stereocenters. The number of rotatable bonds is 7. The Hall–Kier alpha value is -0.0800. The maximum atomic E-state index is 5.74. The van der Waals surface area contributed by atoms with Crippen LogP contribution in [0.4, 0.5) is 0 Å². The molecule has 86 valence electrons. The van der Waals surface area contributed by atoms with Crippen LogP contribution in [0.15, 0.2) is 0 Å². The summed E-state index contributed by atoms with van der Waals surface area (Å²) in [6.07, 6.45) is 3.64. The summed E-state index contributed by atoms with van der Waals surface area (Å²) in [7, 11) is 2.22. The maximum Gasteiger partial charge on any atom is 0.00644 e. The average molecular weight is 200 g/mol. The average Bonchev–Trinajstić information content (AvgIpc) is 2.09. The molecule has 0 aromatic carbocycles. The molecule has 0 saturated heterocycles. The first-order chi connectivity index (χ1) is 6.43. The number of nitrogens with zero attached hydrogens (tertiary/aromatic N) is 1. The van der Waals surface area contributed by atoms with Crippen molar-refractivity contribution in [1.29, 1.82) is 0 Å². The number of hydrogen-bond donors (Lipinski definition) is 1. The highest BCUT2D eigenvalue weighted by Crippen LogP contribution is 2.08. The molecule has 0 heterocycles. The van der Waals surface area contributed by atoms with Crippen LogP contribution in [0.5, 0.6) is 0 Å². The van der Waals surface area contributed by atoms with E-state index < -0.39 is 0 Å². The molecule has 0 aromatic rings. The van der Waals surface area contributed by atoms with Gasteiger partial charge in [-0.3, -0.25) is 0 Å². The van der Waals surface area contributed by atoms with Crippen LogP contribution in [0.25, 0.3) is 0 Å². The van der Waals surface area contributed by atoms with Crippen LogP contribution < -0.4 is 5.73 Å². The highest BCUT2D eigenvalue weighted by Gasteiger charge is 2.09. The lowest BCUT2D eigenvalue weighted by atomic mass is 10.1. The minimum atomic E-state index is 0.343. The number of hydrogen-bond acceptors (Lipinski definition) is 2. The Kier molecular flexibility index (Phi) is 7.20. The summed E-state index contributed by atoms with van der Waals surface area (Å²) < 4.78 is 0. The zero-order valence-electron chi connectivity index (χ0n) is 10.6. The van der Waals surface area contributed by atoms with Crippen molar-refractivity contribution in [3.63, 3.8) is 0 Å². The Morgan fingerprint density at radius 2 is 1.57 bits per heavy atom. The molecule has 2 unspecified atom stereocenters. The Labute approximate surface area is 89.9 Å². The summed E-state index contributed by atoms with van der Waals surface area (Å²) in [6.45, 7) is 10.1. The largest absolute Gasteiger partial charge is 0.328 e. The Morgan fingerprint density at radius 3 is 2.00 bits per heavy atom. The van der Waals surface area contributed by atoms with Crippen LogP contribution in [0.1, 0.15) is 47.0 Å². The summed E-state index contributed by atoms with van der Waals surface area (Å²) in [5.41, 5.74) is 5.74. The second-order valence-electron chi connectivity index (χ2n) is 5.07. The summed E-state index contributed by atoms with van der Waals surface area (Å²) >= 11 is 0. The minimum absolute atomic E-state index is 0.343. The molecule has 0 aliphatic heterocycles. The summed E-state index contributed by atoms with van der Waals surface area (Å²) in [6, 6.07) is 1.01. The predicted molar refractivity (Wildman–Crippen MR) is 64.4 cm³/mol. The molecule has 2 heteroatoms. The first-order valence-corrected chi connectivity index (χ1v) is 5.89. The molecule has 0 fully saturated rings. The van der Waals surface area contributed by atoms with Crippen LogP contribution in [-0.2, 0) is 0 Å². The van der Waals surface area contributed by atoms with Crippen molar-refractivity contribution >= 4 is 0 Å². The molecular formula is C12H28N2. The van der Waals surface area contributed by atoms with Crippen molar-refractivity contribution in [2.24, 2.45) is 11.7 Å². The van der Waals surface area contributed by atoms with E-state index >= 15 is 0 Å². The van der Waals surface area contributed by atoms with Gasteiger partial charge < -0.3 is 10.6 Å². The van der Waals surface area contributed by atoms with Crippen LogP contribution in [0.2, 0.25) is 0 Å². The Morgan fingerprint density at radius 1 is 1.00 bits per heavy atom. The van der Waals surface area contributed by atoms with Gasteiger partial charge in [0.2, 0.25) is 0 Å². The van der Waals surface area contributed by atoms with Gasteiger partial charge in [0.15, 0.2) is 0 Å². The van der Waals surface area contributed by atoms with Crippen LogP contribution in [0.3, 0.4) is 0 Å². The van der Waals surface area contributed by atoms with Crippen molar-refractivity contribution in [2.75, 3.05) is 13.6 Å². The SMILES string of the molecule is CC(C)CCN(C)C(C)CCC(C)N. The first-order valence-electron chi connectivity index (χ1n) is 5.89. The predicted octanol–water partition coefficient (Wildman–Crippen LogP) is 2.48. The van der Waals surface area contributed by atoms with E-state index in [-0.39, 0.29) is 0 Å². The first kappa shape index (κ1) is 13.9. The van der Waals surface area contributed by atoms with Gasteiger partial charge in [-0.2, -0.15) is 0 Å². The zero-order chi connectivity index (χ0) is 11.1. The van der Waals surface area contributed by atoms with Gasteiger partial charge in [0.1, 0.15) is 0 Å². The molecule has 0 bridgehead atoms. The molecule has 0 rings (SSSR count). The van der Waals surface area contributed by atoms with E-state index in [2.05, 4.69) is 39.6 Å². The van der Waals surface area contributed by atoms with Crippen LogP contribution >= 0.6 is 0 Å². The fraction of sp³-hybridized carbons (Fsp3) is 1.00. The lowest BCUT2D eigenvalue weighted by molar-refractivity contribution is 0.227. The topological polar surface area (TPSA) is 29.3 Å². The third kappa shape index (κ3) is 7.34. The van der Waals surface area contributed by atoms with Gasteiger partial charge in [-0.25, -0.2) is 0 Å². The summed E-state index contributed by atoms with van der Waals surface area (Å²) in [5.74, 6) is 0.804. The van der Waals surface area contributed by atoms with Crippen LogP contribution in [-0.4, -0.2) is 30.6 Å². The molecule has 0 aliphatic rings. The second-order valence-corrected chi connectivity index (χ2v) is 5.07. The molecule has 0 aromatic heterocycles. The van der Waals surface area contributed by atoms with E-state index in [4.69, 9.17) is 5.73 Å². The third-order valence-electron chi connectivity index (χ3n) is 2.85. The van der Waals surface area contributed by atoms with Gasteiger partial charge in [-0.15, -0.1) is 0 Å². The van der Waals surface area contributed by atoms with Gasteiger partial charge in [0, 0.05) is 12.1 Å². The highest BCUT2D eigenvalue weighted by molar-refractivity contribution is 4.66. The molecular weight excluding hydrogens is 172 g/mol. The van der Waals surface area contributed by atoms with E-state index in [1.165, 1.54) is 19.4 Å². The smallest absolute Gasteiger partial charge is 0.00644 e. The summed E-state index contributed by atoms with van der Waals surface area (Å²) in [4.78, 5) is 2.45. The standard InChI is InChI=1S/C12H28N2/c1-10(2)8-9-14(5)12(4)7-6-11(3)13/h10-12H,6-9,13H2,1-5H3. The molecule has 0 amide bonds. The molecule has 2 nitrogen and oxygen atoms in total. The summed E-state index contributed by atoms with van der Waals surface area (Å²) in [5, 5.41) is 0. The second kappa shape index (κ2) is 7.24. The third-order valence-corrected chi connectivity index (χ3v) is 2.85. The monoisotopic (exact) mass is 200 g/mol. The Balaban J connectivity index is 3.59. The van der Waals surface area contributed by atoms with Gasteiger partial charge in [0.25, 0.3) is 0 Å². The molecule has 2 N–H and O–H groups in total. The van der Waals surface area contributed by atoms with Crippen LogP contribution in [0, 0.1) is 5.92 Å². The normalized spacial score (nSPS) is 16.3. The number of nitrogens with two attached hydrogens (primary N) is 1. The lowest BCUT2D eigenvalue weighted by Crippen LogP contribution is -2.32. The molecule has 0 saturated carbocycles. The van der Waals surface area contributed by atoms with Gasteiger partial charge in [0.05, 0.1) is 0 Å². The quantitative estimate of drug-likeness (QED) is 0.684. The molecule has 14 heavy (non-hydrogen) atoms. The molecule has 0 aliphatic carbocycles. The van der Waals surface area contributed by atoms with Crippen molar-refractivity contribution in [2.45, 2.75) is 59.0 Å². The molecule has 0 radical (unpaired) electrons. The van der Waals surface area contributed by atoms with Crippen molar-refractivity contribution in [1.82, 2.24) is 4.90 Å². The fourth-order valence-corrected chi connectivity index (χ4v) is 1.41. The highest BCUT2D eigenvalue weighted by atomic mass is 15.1. The maximum absolute atomic E-state index is 5.74.